The van der Waals surface area contributed by atoms with Crippen LogP contribution in [0.25, 0.3) is 54.9 Å². The maximum Gasteiger partial charge on any atom is 0.140 e. The number of aromatic amines is 2. The highest BCUT2D eigenvalue weighted by atomic mass is 79.9. The summed E-state index contributed by atoms with van der Waals surface area (Å²) < 4.78 is 1.04. The number of anilines is 1. The van der Waals surface area contributed by atoms with E-state index in [1.165, 1.54) is 5.39 Å². The second-order valence-corrected chi connectivity index (χ2v) is 7.97. The lowest BCUT2D eigenvalue weighted by Gasteiger charge is -2.06. The van der Waals surface area contributed by atoms with E-state index in [9.17, 15) is 0 Å². The zero-order valence-corrected chi connectivity index (χ0v) is 16.3. The first-order chi connectivity index (χ1) is 13.7. The van der Waals surface area contributed by atoms with E-state index >= 15 is 0 Å². The van der Waals surface area contributed by atoms with Gasteiger partial charge in [0, 0.05) is 43.6 Å². The van der Waals surface area contributed by atoms with E-state index in [4.69, 9.17) is 10.7 Å². The maximum atomic E-state index is 6.10. The molecule has 6 aromatic rings. The van der Waals surface area contributed by atoms with Crippen molar-refractivity contribution in [2.75, 3.05) is 5.73 Å². The average molecular weight is 427 g/mol. The third-order valence-electron chi connectivity index (χ3n) is 5.39. The molecule has 0 saturated heterocycles. The molecule has 0 aliphatic rings. The molecule has 0 spiro atoms. The number of hydrogen-bond donors (Lipinski definition) is 3. The van der Waals surface area contributed by atoms with Crippen LogP contribution in [0.1, 0.15) is 0 Å². The fourth-order valence-electron chi connectivity index (χ4n) is 4.11. The molecule has 28 heavy (non-hydrogen) atoms. The molecule has 4 nitrogen and oxygen atoms in total. The lowest BCUT2D eigenvalue weighted by atomic mass is 9.99. The molecule has 0 atom stereocenters. The third kappa shape index (κ3) is 2.14. The molecule has 0 saturated carbocycles. The van der Waals surface area contributed by atoms with Gasteiger partial charge in [-0.3, -0.25) is 0 Å². The molecule has 134 valence electrons. The summed E-state index contributed by atoms with van der Waals surface area (Å²) in [4.78, 5) is 11.9. The van der Waals surface area contributed by atoms with Crippen LogP contribution in [0.15, 0.2) is 71.3 Å². The number of H-pyrrole nitrogens is 2. The Morgan fingerprint density at radius 3 is 2.54 bits per heavy atom. The molecule has 0 bridgehead atoms. The molecule has 0 aliphatic carbocycles. The first kappa shape index (κ1) is 15.7. The first-order valence-corrected chi connectivity index (χ1v) is 9.85. The quantitative estimate of drug-likeness (QED) is 0.211. The van der Waals surface area contributed by atoms with Crippen molar-refractivity contribution in [3.63, 3.8) is 0 Å². The lowest BCUT2D eigenvalue weighted by Crippen LogP contribution is -1.86. The Morgan fingerprint density at radius 2 is 1.64 bits per heavy atom. The normalized spacial score (nSPS) is 11.9. The number of nitrogen functional groups attached to an aromatic ring is 1. The minimum absolute atomic E-state index is 0.740. The van der Waals surface area contributed by atoms with E-state index in [0.717, 1.165) is 59.6 Å². The summed E-state index contributed by atoms with van der Waals surface area (Å²) in [5.41, 5.74) is 11.0. The van der Waals surface area contributed by atoms with Gasteiger partial charge in [0.1, 0.15) is 5.82 Å². The van der Waals surface area contributed by atoms with E-state index in [1.54, 1.807) is 0 Å². The zero-order chi connectivity index (χ0) is 18.8. The van der Waals surface area contributed by atoms with Crippen molar-refractivity contribution >= 4 is 65.1 Å². The fraction of sp³-hybridized carbons (Fsp3) is 0. The highest BCUT2D eigenvalue weighted by Gasteiger charge is 2.16. The second-order valence-electron chi connectivity index (χ2n) is 7.05. The van der Waals surface area contributed by atoms with Crippen molar-refractivity contribution in [3.05, 3.63) is 71.3 Å². The van der Waals surface area contributed by atoms with Gasteiger partial charge in [-0.15, -0.1) is 0 Å². The van der Waals surface area contributed by atoms with Crippen molar-refractivity contribution in [3.8, 4) is 11.4 Å². The number of fused-ring (bicyclic) bond motifs is 7. The number of nitrogens with one attached hydrogen (secondary N) is 2. The van der Waals surface area contributed by atoms with Gasteiger partial charge in [0.25, 0.3) is 0 Å². The van der Waals surface area contributed by atoms with Gasteiger partial charge in [0.15, 0.2) is 0 Å². The zero-order valence-electron chi connectivity index (χ0n) is 14.8. The molecule has 5 heteroatoms. The van der Waals surface area contributed by atoms with Crippen LogP contribution in [0.5, 0.6) is 0 Å². The van der Waals surface area contributed by atoms with Gasteiger partial charge in [-0.2, -0.15) is 0 Å². The summed E-state index contributed by atoms with van der Waals surface area (Å²) in [5, 5.41) is 5.72. The summed E-state index contributed by atoms with van der Waals surface area (Å²) in [5.74, 6) is 0.847. The van der Waals surface area contributed by atoms with Crippen LogP contribution < -0.4 is 5.73 Å². The molecule has 0 radical (unpaired) electrons. The monoisotopic (exact) mass is 426 g/mol. The summed E-state index contributed by atoms with van der Waals surface area (Å²) in [6.45, 7) is 0. The van der Waals surface area contributed by atoms with Crippen molar-refractivity contribution in [2.45, 2.75) is 0 Å². The number of nitrogens with two attached hydrogens (primary N) is 1. The smallest absolute Gasteiger partial charge is 0.140 e. The van der Waals surface area contributed by atoms with E-state index in [1.807, 2.05) is 24.4 Å². The predicted octanol–water partition coefficient (Wildman–Crippen LogP) is 6.36. The lowest BCUT2D eigenvalue weighted by molar-refractivity contribution is 1.34. The molecule has 0 amide bonds. The standard InChI is InChI=1S/C23H15BrN4/c24-12-5-8-20-17(9-12)19(11-26-20)23-27-21-16-4-2-1-3-14(16)15-7-6-13(25)10-18(15)22(21)28-23/h1-11,26H,25H2,(H,27,28). The van der Waals surface area contributed by atoms with Gasteiger partial charge in [-0.05, 0) is 41.1 Å². The number of aromatic nitrogens is 3. The fourth-order valence-corrected chi connectivity index (χ4v) is 4.47. The van der Waals surface area contributed by atoms with Gasteiger partial charge in [-0.1, -0.05) is 46.3 Å². The Hall–Kier alpha value is -3.31. The molecule has 2 aromatic heterocycles. The Bertz CT molecular complexity index is 1540. The topological polar surface area (TPSA) is 70.5 Å². The van der Waals surface area contributed by atoms with E-state index in [2.05, 4.69) is 68.4 Å². The van der Waals surface area contributed by atoms with Gasteiger partial charge in [-0.25, -0.2) is 4.98 Å². The van der Waals surface area contributed by atoms with Gasteiger partial charge < -0.3 is 15.7 Å². The number of benzene rings is 4. The summed E-state index contributed by atoms with van der Waals surface area (Å²) in [7, 11) is 0. The number of rotatable bonds is 1. The molecule has 4 N–H and O–H groups in total. The summed E-state index contributed by atoms with van der Waals surface area (Å²) >= 11 is 3.57. The van der Waals surface area contributed by atoms with Crippen LogP contribution in [-0.4, -0.2) is 15.0 Å². The van der Waals surface area contributed by atoms with Crippen LogP contribution in [0.4, 0.5) is 5.69 Å². The minimum Gasteiger partial charge on any atom is -0.399 e. The van der Waals surface area contributed by atoms with Crippen molar-refractivity contribution in [1.29, 1.82) is 0 Å². The van der Waals surface area contributed by atoms with Crippen LogP contribution in [0.3, 0.4) is 0 Å². The second kappa shape index (κ2) is 5.59. The van der Waals surface area contributed by atoms with E-state index < -0.39 is 0 Å². The Balaban J connectivity index is 1.77. The largest absolute Gasteiger partial charge is 0.399 e. The van der Waals surface area contributed by atoms with Crippen LogP contribution in [0, 0.1) is 0 Å². The molecule has 0 aliphatic heterocycles. The van der Waals surface area contributed by atoms with Gasteiger partial charge in [0.05, 0.1) is 11.0 Å². The number of nitrogens with zero attached hydrogens (tertiary/aromatic N) is 1. The SMILES string of the molecule is Nc1ccc2c3ccccc3c3[nH]c(-c4c[nH]c5ccc(Br)cc45)nc3c2c1. The third-order valence-corrected chi connectivity index (χ3v) is 5.88. The first-order valence-electron chi connectivity index (χ1n) is 9.06. The van der Waals surface area contributed by atoms with Crippen LogP contribution >= 0.6 is 15.9 Å². The van der Waals surface area contributed by atoms with Crippen LogP contribution in [0.2, 0.25) is 0 Å². The minimum atomic E-state index is 0.740. The number of halogens is 1. The molecule has 0 unspecified atom stereocenters. The Kier molecular flexibility index (Phi) is 3.14. The molecule has 0 fully saturated rings. The highest BCUT2D eigenvalue weighted by molar-refractivity contribution is 9.10. The number of hydrogen-bond acceptors (Lipinski definition) is 2. The summed E-state index contributed by atoms with van der Waals surface area (Å²) in [6.07, 6.45) is 2.01. The maximum absolute atomic E-state index is 6.10. The molecule has 6 rings (SSSR count). The summed E-state index contributed by atoms with van der Waals surface area (Å²) in [6, 6.07) is 20.7. The predicted molar refractivity (Wildman–Crippen MR) is 121 cm³/mol. The van der Waals surface area contributed by atoms with Crippen LogP contribution in [-0.2, 0) is 0 Å². The average Bonchev–Trinajstić information content (AvgIpc) is 3.32. The molecular weight excluding hydrogens is 412 g/mol. The van der Waals surface area contributed by atoms with E-state index in [0.29, 0.717) is 0 Å². The van der Waals surface area contributed by atoms with Crippen molar-refractivity contribution in [1.82, 2.24) is 15.0 Å². The van der Waals surface area contributed by atoms with Crippen molar-refractivity contribution < 1.29 is 0 Å². The Labute approximate surface area is 168 Å². The number of imidazole rings is 1. The molecule has 4 aromatic carbocycles. The van der Waals surface area contributed by atoms with Crippen molar-refractivity contribution in [2.24, 2.45) is 0 Å². The van der Waals surface area contributed by atoms with Gasteiger partial charge >= 0.3 is 0 Å². The van der Waals surface area contributed by atoms with E-state index in [-0.39, 0.29) is 0 Å². The molecule has 2 heterocycles. The highest BCUT2D eigenvalue weighted by Crippen LogP contribution is 2.37. The molecular formula is C23H15BrN4. The van der Waals surface area contributed by atoms with Gasteiger partial charge in [0.2, 0.25) is 0 Å². The Morgan fingerprint density at radius 1 is 0.821 bits per heavy atom.